The van der Waals surface area contributed by atoms with E-state index in [2.05, 4.69) is 42.4 Å². The van der Waals surface area contributed by atoms with E-state index in [0.717, 1.165) is 19.4 Å². The van der Waals surface area contributed by atoms with Gasteiger partial charge >= 0.3 is 0 Å². The Kier molecular flexibility index (Phi) is 3.11. The van der Waals surface area contributed by atoms with Crippen LogP contribution in [0.2, 0.25) is 0 Å². The van der Waals surface area contributed by atoms with Crippen molar-refractivity contribution >= 4 is 16.8 Å². The number of aromatic nitrogens is 1. The summed E-state index contributed by atoms with van der Waals surface area (Å²) >= 11 is 0. The third-order valence-corrected chi connectivity index (χ3v) is 3.75. The van der Waals surface area contributed by atoms with Gasteiger partial charge in [0.05, 0.1) is 0 Å². The monoisotopic (exact) mass is 254 g/mol. The lowest BCUT2D eigenvalue weighted by molar-refractivity contribution is -0.129. The van der Waals surface area contributed by atoms with Gasteiger partial charge in [0.2, 0.25) is 5.91 Å². The summed E-state index contributed by atoms with van der Waals surface area (Å²) in [7, 11) is 0. The average molecular weight is 254 g/mol. The summed E-state index contributed by atoms with van der Waals surface area (Å²) in [5.41, 5.74) is 3.75. The van der Waals surface area contributed by atoms with Gasteiger partial charge in [-0.05, 0) is 37.0 Å². The van der Waals surface area contributed by atoms with Gasteiger partial charge in [0.1, 0.15) is 0 Å². The molecule has 0 atom stereocenters. The topological polar surface area (TPSA) is 36.1 Å². The Bertz CT molecular complexity index is 639. The van der Waals surface area contributed by atoms with E-state index in [1.54, 1.807) is 0 Å². The fraction of sp³-hybridized carbons (Fsp3) is 0.312. The van der Waals surface area contributed by atoms with E-state index >= 15 is 0 Å². The highest BCUT2D eigenvalue weighted by molar-refractivity contribution is 5.86. The van der Waals surface area contributed by atoms with Gasteiger partial charge in [-0.3, -0.25) is 4.79 Å². The molecule has 1 aromatic heterocycles. The SMILES string of the molecule is Cc1cccc2[nH]cc(CCN3C=CCCC3=O)c12. The van der Waals surface area contributed by atoms with Gasteiger partial charge in [0.15, 0.2) is 0 Å². The number of nitrogens with one attached hydrogen (secondary N) is 1. The van der Waals surface area contributed by atoms with Gasteiger partial charge in [-0.25, -0.2) is 0 Å². The zero-order chi connectivity index (χ0) is 13.2. The van der Waals surface area contributed by atoms with Crippen molar-refractivity contribution in [3.8, 4) is 0 Å². The largest absolute Gasteiger partial charge is 0.361 e. The predicted octanol–water partition coefficient (Wildman–Crippen LogP) is 3.15. The van der Waals surface area contributed by atoms with Crippen LogP contribution in [-0.4, -0.2) is 22.3 Å². The molecule has 2 heterocycles. The number of nitrogens with zero attached hydrogens (tertiary/aromatic N) is 1. The van der Waals surface area contributed by atoms with E-state index in [9.17, 15) is 4.79 Å². The molecule has 0 spiro atoms. The molecule has 1 N–H and O–H groups in total. The number of hydrogen-bond donors (Lipinski definition) is 1. The van der Waals surface area contributed by atoms with Gasteiger partial charge in [-0.2, -0.15) is 0 Å². The first-order valence-electron chi connectivity index (χ1n) is 6.77. The first-order valence-corrected chi connectivity index (χ1v) is 6.77. The normalized spacial score (nSPS) is 15.4. The molecule has 3 rings (SSSR count). The molecule has 0 saturated carbocycles. The van der Waals surface area contributed by atoms with Crippen molar-refractivity contribution in [2.75, 3.05) is 6.54 Å². The van der Waals surface area contributed by atoms with Gasteiger partial charge < -0.3 is 9.88 Å². The van der Waals surface area contributed by atoms with Crippen LogP contribution in [0, 0.1) is 6.92 Å². The fourth-order valence-corrected chi connectivity index (χ4v) is 2.72. The number of amides is 1. The van der Waals surface area contributed by atoms with Gasteiger partial charge in [0.25, 0.3) is 0 Å². The maximum atomic E-state index is 11.8. The molecule has 1 amide bonds. The summed E-state index contributed by atoms with van der Waals surface area (Å²) in [4.78, 5) is 16.9. The lowest BCUT2D eigenvalue weighted by Gasteiger charge is -2.21. The number of aryl methyl sites for hydroxylation is 1. The molecule has 2 aromatic rings. The van der Waals surface area contributed by atoms with Crippen LogP contribution in [0.25, 0.3) is 10.9 Å². The highest BCUT2D eigenvalue weighted by Gasteiger charge is 2.14. The maximum Gasteiger partial charge on any atom is 0.226 e. The third-order valence-electron chi connectivity index (χ3n) is 3.75. The second-order valence-electron chi connectivity index (χ2n) is 5.07. The van der Waals surface area contributed by atoms with Gasteiger partial charge in [0, 0.05) is 36.3 Å². The maximum absolute atomic E-state index is 11.8. The van der Waals surface area contributed by atoms with E-state index in [1.807, 2.05) is 11.1 Å². The van der Waals surface area contributed by atoms with Crippen LogP contribution in [0.3, 0.4) is 0 Å². The molecule has 0 saturated heterocycles. The number of rotatable bonds is 3. The van der Waals surface area contributed by atoms with Crippen molar-refractivity contribution in [1.29, 1.82) is 0 Å². The van der Waals surface area contributed by atoms with Crippen LogP contribution < -0.4 is 0 Å². The third kappa shape index (κ3) is 2.28. The molecule has 0 fully saturated rings. The molecule has 3 nitrogen and oxygen atoms in total. The average Bonchev–Trinajstić information content (AvgIpc) is 2.83. The number of allylic oxidation sites excluding steroid dienone is 1. The Morgan fingerprint density at radius 1 is 1.37 bits per heavy atom. The molecule has 0 aliphatic carbocycles. The molecule has 3 heteroatoms. The zero-order valence-corrected chi connectivity index (χ0v) is 11.1. The summed E-state index contributed by atoms with van der Waals surface area (Å²) in [6.45, 7) is 2.89. The number of benzene rings is 1. The molecule has 0 bridgehead atoms. The Balaban J connectivity index is 1.80. The van der Waals surface area contributed by atoms with Gasteiger partial charge in [-0.15, -0.1) is 0 Å². The van der Waals surface area contributed by atoms with Crippen molar-refractivity contribution in [3.05, 3.63) is 47.8 Å². The Labute approximate surface area is 112 Å². The van der Waals surface area contributed by atoms with E-state index in [4.69, 9.17) is 0 Å². The van der Waals surface area contributed by atoms with E-state index in [0.29, 0.717) is 6.42 Å². The van der Waals surface area contributed by atoms with Crippen LogP contribution >= 0.6 is 0 Å². The molecule has 1 aliphatic rings. The molecule has 98 valence electrons. The van der Waals surface area contributed by atoms with E-state index in [-0.39, 0.29) is 5.91 Å². The fourth-order valence-electron chi connectivity index (χ4n) is 2.72. The standard InChI is InChI=1S/C16H18N2O/c1-12-5-4-6-14-16(12)13(11-17-14)8-10-18-9-3-2-7-15(18)19/h3-6,9,11,17H,2,7-8,10H2,1H3. The van der Waals surface area contributed by atoms with E-state index in [1.165, 1.54) is 22.0 Å². The smallest absolute Gasteiger partial charge is 0.226 e. The quantitative estimate of drug-likeness (QED) is 0.897. The first-order chi connectivity index (χ1) is 9.25. The summed E-state index contributed by atoms with van der Waals surface area (Å²) < 4.78 is 0. The zero-order valence-electron chi connectivity index (χ0n) is 11.1. The van der Waals surface area contributed by atoms with Crippen molar-refractivity contribution in [3.63, 3.8) is 0 Å². The van der Waals surface area contributed by atoms with Crippen LogP contribution in [0.4, 0.5) is 0 Å². The summed E-state index contributed by atoms with van der Waals surface area (Å²) in [6, 6.07) is 6.29. The summed E-state index contributed by atoms with van der Waals surface area (Å²) in [5.74, 6) is 0.235. The minimum absolute atomic E-state index is 0.235. The number of carbonyl (C=O) groups excluding carboxylic acids is 1. The number of H-pyrrole nitrogens is 1. The van der Waals surface area contributed by atoms with Crippen LogP contribution in [0.5, 0.6) is 0 Å². The summed E-state index contributed by atoms with van der Waals surface area (Å²) in [5, 5.41) is 1.30. The molecular formula is C16H18N2O. The van der Waals surface area contributed by atoms with Crippen LogP contribution in [0.15, 0.2) is 36.7 Å². The molecule has 0 unspecified atom stereocenters. The Morgan fingerprint density at radius 3 is 3.11 bits per heavy atom. The Morgan fingerprint density at radius 2 is 2.26 bits per heavy atom. The minimum atomic E-state index is 0.235. The highest BCUT2D eigenvalue weighted by atomic mass is 16.2. The summed E-state index contributed by atoms with van der Waals surface area (Å²) in [6.07, 6.45) is 8.47. The molecule has 1 aliphatic heterocycles. The molecule has 0 radical (unpaired) electrons. The number of aromatic amines is 1. The second-order valence-corrected chi connectivity index (χ2v) is 5.07. The van der Waals surface area contributed by atoms with Crippen molar-refractivity contribution in [1.82, 2.24) is 9.88 Å². The van der Waals surface area contributed by atoms with Gasteiger partial charge in [-0.1, -0.05) is 18.2 Å². The lowest BCUT2D eigenvalue weighted by atomic mass is 10.1. The van der Waals surface area contributed by atoms with Crippen LogP contribution in [0.1, 0.15) is 24.0 Å². The van der Waals surface area contributed by atoms with Crippen molar-refractivity contribution in [2.24, 2.45) is 0 Å². The Hall–Kier alpha value is -2.03. The molecular weight excluding hydrogens is 236 g/mol. The van der Waals surface area contributed by atoms with Crippen molar-refractivity contribution in [2.45, 2.75) is 26.2 Å². The second kappa shape index (κ2) is 4.92. The highest BCUT2D eigenvalue weighted by Crippen LogP contribution is 2.23. The number of hydrogen-bond acceptors (Lipinski definition) is 1. The lowest BCUT2D eigenvalue weighted by Crippen LogP contribution is -2.29. The number of carbonyl (C=O) groups is 1. The van der Waals surface area contributed by atoms with Crippen molar-refractivity contribution < 1.29 is 4.79 Å². The first kappa shape index (κ1) is 12.0. The number of fused-ring (bicyclic) bond motifs is 1. The molecule has 1 aromatic carbocycles. The van der Waals surface area contributed by atoms with Crippen LogP contribution in [-0.2, 0) is 11.2 Å². The predicted molar refractivity (Wildman–Crippen MR) is 76.8 cm³/mol. The minimum Gasteiger partial charge on any atom is -0.361 e. The van der Waals surface area contributed by atoms with E-state index < -0.39 is 0 Å². The molecule has 19 heavy (non-hydrogen) atoms.